The Morgan fingerprint density at radius 3 is 2.60 bits per heavy atom. The molecule has 5 heteroatoms. The molecule has 4 nitrogen and oxygen atoms in total. The van der Waals surface area contributed by atoms with Crippen molar-refractivity contribution in [1.82, 2.24) is 9.88 Å². The molecule has 0 radical (unpaired) electrons. The van der Waals surface area contributed by atoms with Gasteiger partial charge in [-0.2, -0.15) is 0 Å². The van der Waals surface area contributed by atoms with Gasteiger partial charge in [0.15, 0.2) is 0 Å². The van der Waals surface area contributed by atoms with E-state index in [4.69, 9.17) is 5.73 Å². The number of anilines is 1. The normalized spacial score (nSPS) is 10.3. The van der Waals surface area contributed by atoms with E-state index in [1.54, 1.807) is 35.5 Å². The van der Waals surface area contributed by atoms with Crippen LogP contribution in [0.5, 0.6) is 0 Å². The second-order valence-electron chi connectivity index (χ2n) is 4.41. The van der Waals surface area contributed by atoms with E-state index in [1.165, 1.54) is 0 Å². The molecule has 0 saturated carbocycles. The molecule has 1 aromatic carbocycles. The van der Waals surface area contributed by atoms with Crippen LogP contribution < -0.4 is 5.73 Å². The van der Waals surface area contributed by atoms with E-state index in [0.717, 1.165) is 10.0 Å². The highest BCUT2D eigenvalue weighted by Crippen LogP contribution is 2.21. The molecule has 0 spiro atoms. The highest BCUT2D eigenvalue weighted by molar-refractivity contribution is 9.10. The van der Waals surface area contributed by atoms with Crippen LogP contribution in [0, 0.1) is 0 Å². The Labute approximate surface area is 126 Å². The van der Waals surface area contributed by atoms with Gasteiger partial charge in [0.2, 0.25) is 0 Å². The molecule has 104 valence electrons. The summed E-state index contributed by atoms with van der Waals surface area (Å²) in [4.78, 5) is 18.2. The van der Waals surface area contributed by atoms with E-state index >= 15 is 0 Å². The molecule has 0 bridgehead atoms. The van der Waals surface area contributed by atoms with E-state index < -0.39 is 0 Å². The van der Waals surface area contributed by atoms with Gasteiger partial charge in [-0.05, 0) is 58.7 Å². The number of hydrogen-bond acceptors (Lipinski definition) is 3. The Kier molecular flexibility index (Phi) is 4.74. The number of nitrogens with zero attached hydrogens (tertiary/aromatic N) is 2. The van der Waals surface area contributed by atoms with Crippen molar-refractivity contribution in [2.45, 2.75) is 13.5 Å². The molecule has 0 saturated heterocycles. The first-order valence-electron chi connectivity index (χ1n) is 6.35. The fourth-order valence-electron chi connectivity index (χ4n) is 1.90. The highest BCUT2D eigenvalue weighted by Gasteiger charge is 2.15. The zero-order valence-electron chi connectivity index (χ0n) is 11.2. The number of nitrogens with two attached hydrogens (primary N) is 1. The lowest BCUT2D eigenvalue weighted by molar-refractivity contribution is 0.0752. The summed E-state index contributed by atoms with van der Waals surface area (Å²) >= 11 is 3.33. The molecule has 0 atom stereocenters. The summed E-state index contributed by atoms with van der Waals surface area (Å²) < 4.78 is 0.797. The van der Waals surface area contributed by atoms with Crippen molar-refractivity contribution in [2.24, 2.45) is 0 Å². The van der Waals surface area contributed by atoms with Gasteiger partial charge < -0.3 is 10.6 Å². The SMILES string of the molecule is CCN(Cc1ccncc1)C(=O)c1ccc(Br)c(N)c1. The van der Waals surface area contributed by atoms with Crippen LogP contribution in [-0.2, 0) is 6.54 Å². The lowest BCUT2D eigenvalue weighted by atomic mass is 10.1. The van der Waals surface area contributed by atoms with Gasteiger partial charge in [-0.3, -0.25) is 9.78 Å². The number of carbonyl (C=O) groups excluding carboxylic acids is 1. The zero-order chi connectivity index (χ0) is 14.5. The largest absolute Gasteiger partial charge is 0.398 e. The first kappa shape index (κ1) is 14.5. The molecule has 0 fully saturated rings. The minimum absolute atomic E-state index is 0.0245. The van der Waals surface area contributed by atoms with E-state index in [2.05, 4.69) is 20.9 Å². The summed E-state index contributed by atoms with van der Waals surface area (Å²) in [6.07, 6.45) is 3.45. The molecule has 20 heavy (non-hydrogen) atoms. The van der Waals surface area contributed by atoms with Crippen molar-refractivity contribution in [3.63, 3.8) is 0 Å². The smallest absolute Gasteiger partial charge is 0.254 e. The number of rotatable bonds is 4. The van der Waals surface area contributed by atoms with Gasteiger partial charge in [0, 0.05) is 41.2 Å². The first-order chi connectivity index (χ1) is 9.61. The Morgan fingerprint density at radius 1 is 1.30 bits per heavy atom. The lowest BCUT2D eigenvalue weighted by Crippen LogP contribution is -2.30. The second-order valence-corrected chi connectivity index (χ2v) is 5.27. The number of benzene rings is 1. The molecular formula is C15H16BrN3O. The molecule has 2 rings (SSSR count). The molecule has 1 heterocycles. The Morgan fingerprint density at radius 2 is 2.00 bits per heavy atom. The van der Waals surface area contributed by atoms with Crippen LogP contribution in [0.2, 0.25) is 0 Å². The maximum absolute atomic E-state index is 12.5. The average molecular weight is 334 g/mol. The predicted molar refractivity (Wildman–Crippen MR) is 83.2 cm³/mol. The minimum Gasteiger partial charge on any atom is -0.398 e. The van der Waals surface area contributed by atoms with Gasteiger partial charge in [0.1, 0.15) is 0 Å². The Bertz CT molecular complexity index is 601. The number of carbonyl (C=O) groups is 1. The summed E-state index contributed by atoms with van der Waals surface area (Å²) in [6.45, 7) is 3.16. The predicted octanol–water partition coefficient (Wildman–Crippen LogP) is 3.09. The molecule has 0 aliphatic rings. The number of nitrogen functional groups attached to an aromatic ring is 1. The Hall–Kier alpha value is -1.88. The van der Waals surface area contributed by atoms with Crippen LogP contribution >= 0.6 is 15.9 Å². The summed E-state index contributed by atoms with van der Waals surface area (Å²) in [6, 6.07) is 9.08. The first-order valence-corrected chi connectivity index (χ1v) is 7.14. The van der Waals surface area contributed by atoms with Gasteiger partial charge in [0.25, 0.3) is 5.91 Å². The van der Waals surface area contributed by atoms with E-state index in [9.17, 15) is 4.79 Å². The third kappa shape index (κ3) is 3.36. The van der Waals surface area contributed by atoms with Crippen molar-refractivity contribution in [2.75, 3.05) is 12.3 Å². The molecule has 0 unspecified atom stereocenters. The maximum atomic E-state index is 12.5. The number of hydrogen-bond donors (Lipinski definition) is 1. The zero-order valence-corrected chi connectivity index (χ0v) is 12.8. The van der Waals surface area contributed by atoms with Crippen LogP contribution in [0.25, 0.3) is 0 Å². The third-order valence-corrected chi connectivity index (χ3v) is 3.76. The van der Waals surface area contributed by atoms with Gasteiger partial charge in [-0.25, -0.2) is 0 Å². The standard InChI is InChI=1S/C15H16BrN3O/c1-2-19(10-11-5-7-18-8-6-11)15(20)12-3-4-13(16)14(17)9-12/h3-9H,2,10,17H2,1H3. The third-order valence-electron chi connectivity index (χ3n) is 3.03. The van der Waals surface area contributed by atoms with Gasteiger partial charge in [-0.15, -0.1) is 0 Å². The van der Waals surface area contributed by atoms with Crippen molar-refractivity contribution in [1.29, 1.82) is 0 Å². The number of aromatic nitrogens is 1. The lowest BCUT2D eigenvalue weighted by Gasteiger charge is -2.21. The van der Waals surface area contributed by atoms with Crippen LogP contribution in [0.3, 0.4) is 0 Å². The Balaban J connectivity index is 2.18. The molecule has 1 amide bonds. The van der Waals surface area contributed by atoms with E-state index in [-0.39, 0.29) is 5.91 Å². The molecular weight excluding hydrogens is 318 g/mol. The molecule has 0 aliphatic heterocycles. The molecule has 0 aliphatic carbocycles. The molecule has 1 aromatic heterocycles. The van der Waals surface area contributed by atoms with Crippen LogP contribution in [0.1, 0.15) is 22.8 Å². The van der Waals surface area contributed by atoms with E-state index in [0.29, 0.717) is 24.3 Å². The van der Waals surface area contributed by atoms with Gasteiger partial charge >= 0.3 is 0 Å². The quantitative estimate of drug-likeness (QED) is 0.874. The molecule has 2 N–H and O–H groups in total. The highest BCUT2D eigenvalue weighted by atomic mass is 79.9. The van der Waals surface area contributed by atoms with Crippen LogP contribution in [0.15, 0.2) is 47.2 Å². The maximum Gasteiger partial charge on any atom is 0.254 e. The van der Waals surface area contributed by atoms with E-state index in [1.807, 2.05) is 19.1 Å². The molecule has 2 aromatic rings. The van der Waals surface area contributed by atoms with Crippen molar-refractivity contribution >= 4 is 27.5 Å². The minimum atomic E-state index is -0.0245. The fourth-order valence-corrected chi connectivity index (χ4v) is 2.14. The summed E-state index contributed by atoms with van der Waals surface area (Å²) in [5.41, 5.74) is 8.05. The monoisotopic (exact) mass is 333 g/mol. The van der Waals surface area contributed by atoms with Crippen molar-refractivity contribution in [3.8, 4) is 0 Å². The summed E-state index contributed by atoms with van der Waals surface area (Å²) in [5, 5.41) is 0. The average Bonchev–Trinajstić information content (AvgIpc) is 2.48. The second kappa shape index (κ2) is 6.52. The van der Waals surface area contributed by atoms with Gasteiger partial charge in [-0.1, -0.05) is 0 Å². The topological polar surface area (TPSA) is 59.2 Å². The number of amides is 1. The van der Waals surface area contributed by atoms with Crippen LogP contribution in [0.4, 0.5) is 5.69 Å². The summed E-state index contributed by atoms with van der Waals surface area (Å²) in [7, 11) is 0. The summed E-state index contributed by atoms with van der Waals surface area (Å²) in [5.74, 6) is -0.0245. The number of pyridine rings is 1. The van der Waals surface area contributed by atoms with Crippen molar-refractivity contribution in [3.05, 3.63) is 58.3 Å². The van der Waals surface area contributed by atoms with Crippen LogP contribution in [-0.4, -0.2) is 22.3 Å². The van der Waals surface area contributed by atoms with Gasteiger partial charge in [0.05, 0.1) is 0 Å². The number of halogens is 1. The fraction of sp³-hybridized carbons (Fsp3) is 0.200. The van der Waals surface area contributed by atoms with Crippen molar-refractivity contribution < 1.29 is 4.79 Å².